The van der Waals surface area contributed by atoms with Crippen LogP contribution in [0, 0.1) is 5.92 Å². The van der Waals surface area contributed by atoms with E-state index in [1.807, 2.05) is 0 Å². The van der Waals surface area contributed by atoms with Gasteiger partial charge in [-0.1, -0.05) is 29.5 Å². The molecule has 0 aliphatic heterocycles. The normalized spacial score (nSPS) is 36.9. The Morgan fingerprint density at radius 2 is 2.33 bits per heavy atom. The highest BCUT2D eigenvalue weighted by atomic mass is 127. The number of carbonyl (C=O) groups excluding carboxylic acids is 1. The van der Waals surface area contributed by atoms with Crippen LogP contribution in [0.1, 0.15) is 26.2 Å². The second kappa shape index (κ2) is 2.99. The summed E-state index contributed by atoms with van der Waals surface area (Å²) >= 11 is 2.26. The van der Waals surface area contributed by atoms with Crippen molar-refractivity contribution in [2.45, 2.75) is 30.1 Å². The van der Waals surface area contributed by atoms with E-state index < -0.39 is 0 Å². The SMILES string of the molecule is C[C@H]1CCCC(=O)[C@@H]1I. The van der Waals surface area contributed by atoms with Crippen molar-refractivity contribution in [2.75, 3.05) is 0 Å². The van der Waals surface area contributed by atoms with E-state index in [1.54, 1.807) is 0 Å². The molecule has 0 radical (unpaired) electrons. The summed E-state index contributed by atoms with van der Waals surface area (Å²) < 4.78 is 0.302. The van der Waals surface area contributed by atoms with Crippen LogP contribution in [0.4, 0.5) is 0 Å². The second-order valence-corrected chi connectivity index (χ2v) is 4.08. The number of rotatable bonds is 0. The van der Waals surface area contributed by atoms with Crippen molar-refractivity contribution in [3.05, 3.63) is 0 Å². The number of halogens is 1. The highest BCUT2D eigenvalue weighted by Crippen LogP contribution is 2.26. The van der Waals surface area contributed by atoms with Gasteiger partial charge in [0.05, 0.1) is 3.92 Å². The Bertz CT molecular complexity index is 122. The van der Waals surface area contributed by atoms with Crippen molar-refractivity contribution in [1.82, 2.24) is 0 Å². The molecule has 9 heavy (non-hydrogen) atoms. The lowest BCUT2D eigenvalue weighted by Gasteiger charge is -2.21. The molecule has 2 heteroatoms. The topological polar surface area (TPSA) is 17.1 Å². The predicted octanol–water partition coefficient (Wildman–Crippen LogP) is 2.18. The van der Waals surface area contributed by atoms with Gasteiger partial charge in [0.2, 0.25) is 0 Å². The van der Waals surface area contributed by atoms with Crippen LogP contribution in [0.25, 0.3) is 0 Å². The monoisotopic (exact) mass is 238 g/mol. The Morgan fingerprint density at radius 1 is 1.67 bits per heavy atom. The molecular weight excluding hydrogens is 227 g/mol. The van der Waals surface area contributed by atoms with Gasteiger partial charge in [-0.25, -0.2) is 0 Å². The molecule has 0 aromatic rings. The minimum Gasteiger partial charge on any atom is -0.299 e. The highest BCUT2D eigenvalue weighted by molar-refractivity contribution is 14.1. The summed E-state index contributed by atoms with van der Waals surface area (Å²) in [5.74, 6) is 1.07. The zero-order valence-electron chi connectivity index (χ0n) is 5.56. The largest absolute Gasteiger partial charge is 0.299 e. The van der Waals surface area contributed by atoms with E-state index in [0.29, 0.717) is 15.6 Å². The lowest BCUT2D eigenvalue weighted by Crippen LogP contribution is -2.26. The first-order valence-electron chi connectivity index (χ1n) is 3.38. The average molecular weight is 238 g/mol. The zero-order valence-corrected chi connectivity index (χ0v) is 7.72. The molecule has 0 aromatic carbocycles. The van der Waals surface area contributed by atoms with Crippen LogP contribution in [0.5, 0.6) is 0 Å². The predicted molar refractivity (Wildman–Crippen MR) is 45.8 cm³/mol. The molecule has 0 N–H and O–H groups in total. The van der Waals surface area contributed by atoms with Crippen LogP contribution in [0.3, 0.4) is 0 Å². The highest BCUT2D eigenvalue weighted by Gasteiger charge is 2.25. The van der Waals surface area contributed by atoms with E-state index in [0.717, 1.165) is 12.8 Å². The van der Waals surface area contributed by atoms with E-state index in [-0.39, 0.29) is 0 Å². The summed E-state index contributed by atoms with van der Waals surface area (Å²) in [6, 6.07) is 0. The summed E-state index contributed by atoms with van der Waals surface area (Å²) in [5.41, 5.74) is 0. The van der Waals surface area contributed by atoms with E-state index in [1.165, 1.54) is 6.42 Å². The fourth-order valence-corrected chi connectivity index (χ4v) is 1.87. The second-order valence-electron chi connectivity index (χ2n) is 2.74. The van der Waals surface area contributed by atoms with Crippen molar-refractivity contribution < 1.29 is 4.79 Å². The third-order valence-corrected chi connectivity index (χ3v) is 3.81. The van der Waals surface area contributed by atoms with Gasteiger partial charge in [-0.15, -0.1) is 0 Å². The third-order valence-electron chi connectivity index (χ3n) is 1.89. The van der Waals surface area contributed by atoms with E-state index in [2.05, 4.69) is 29.5 Å². The van der Waals surface area contributed by atoms with Gasteiger partial charge in [0, 0.05) is 6.42 Å². The quantitative estimate of drug-likeness (QED) is 0.467. The van der Waals surface area contributed by atoms with Crippen molar-refractivity contribution in [3.8, 4) is 0 Å². The van der Waals surface area contributed by atoms with Crippen molar-refractivity contribution in [1.29, 1.82) is 0 Å². The molecule has 52 valence electrons. The van der Waals surface area contributed by atoms with E-state index in [9.17, 15) is 4.79 Å². The van der Waals surface area contributed by atoms with Gasteiger partial charge >= 0.3 is 0 Å². The number of alkyl halides is 1. The average Bonchev–Trinajstić information content (AvgIpc) is 1.83. The van der Waals surface area contributed by atoms with Crippen LogP contribution in [0.15, 0.2) is 0 Å². The standard InChI is InChI=1S/C7H11IO/c1-5-3-2-4-6(9)7(5)8/h5,7H,2-4H2,1H3/t5-,7+/m0/s1. The van der Waals surface area contributed by atoms with Crippen LogP contribution in [-0.4, -0.2) is 9.71 Å². The molecule has 1 saturated carbocycles. The van der Waals surface area contributed by atoms with Crippen molar-refractivity contribution >= 4 is 28.4 Å². The Kier molecular flexibility index (Phi) is 2.50. The van der Waals surface area contributed by atoms with Gasteiger partial charge in [0.15, 0.2) is 0 Å². The molecule has 0 amide bonds. The Hall–Kier alpha value is 0.400. The maximum atomic E-state index is 11.0. The number of ketones is 1. The molecule has 0 spiro atoms. The van der Waals surface area contributed by atoms with Gasteiger partial charge in [0.25, 0.3) is 0 Å². The molecule has 1 rings (SSSR count). The number of carbonyl (C=O) groups is 1. The summed E-state index contributed by atoms with van der Waals surface area (Å²) in [7, 11) is 0. The molecule has 1 aliphatic rings. The molecule has 1 nitrogen and oxygen atoms in total. The molecule has 2 atom stereocenters. The maximum absolute atomic E-state index is 11.0. The third kappa shape index (κ3) is 1.66. The van der Waals surface area contributed by atoms with Crippen molar-refractivity contribution in [2.24, 2.45) is 5.92 Å². The van der Waals surface area contributed by atoms with Gasteiger partial charge in [-0.2, -0.15) is 0 Å². The van der Waals surface area contributed by atoms with Crippen LogP contribution in [0.2, 0.25) is 0 Å². The van der Waals surface area contributed by atoms with Gasteiger partial charge < -0.3 is 0 Å². The van der Waals surface area contributed by atoms with Crippen LogP contribution in [-0.2, 0) is 4.79 Å². The Labute approximate surface area is 69.3 Å². The molecule has 0 heterocycles. The summed E-state index contributed by atoms with van der Waals surface area (Å²) in [5, 5.41) is 0. The Balaban J connectivity index is 2.51. The fourth-order valence-electron chi connectivity index (χ4n) is 1.20. The van der Waals surface area contributed by atoms with Gasteiger partial charge in [-0.3, -0.25) is 4.79 Å². The lowest BCUT2D eigenvalue weighted by atomic mass is 9.90. The Morgan fingerprint density at radius 3 is 2.78 bits per heavy atom. The van der Waals surface area contributed by atoms with Crippen molar-refractivity contribution in [3.63, 3.8) is 0 Å². The molecule has 0 aromatic heterocycles. The first-order chi connectivity index (χ1) is 4.22. The van der Waals surface area contributed by atoms with Crippen LogP contribution < -0.4 is 0 Å². The van der Waals surface area contributed by atoms with E-state index >= 15 is 0 Å². The minimum absolute atomic E-state index is 0.302. The summed E-state index contributed by atoms with van der Waals surface area (Å²) in [6.45, 7) is 2.16. The van der Waals surface area contributed by atoms with Gasteiger partial charge in [0.1, 0.15) is 5.78 Å². The maximum Gasteiger partial charge on any atom is 0.145 e. The smallest absolute Gasteiger partial charge is 0.145 e. The van der Waals surface area contributed by atoms with Gasteiger partial charge in [-0.05, 0) is 18.8 Å². The molecule has 1 fully saturated rings. The zero-order chi connectivity index (χ0) is 6.85. The molecule has 0 unspecified atom stereocenters. The molecule has 0 saturated heterocycles. The first kappa shape index (κ1) is 7.51. The summed E-state index contributed by atoms with van der Waals surface area (Å²) in [6.07, 6.45) is 3.16. The number of Topliss-reactive ketones (excluding diaryl/α,β-unsaturated/α-hetero) is 1. The minimum atomic E-state index is 0.302. The lowest BCUT2D eigenvalue weighted by molar-refractivity contribution is -0.120. The molecular formula is C7H11IO. The summed E-state index contributed by atoms with van der Waals surface area (Å²) in [4.78, 5) is 11.0. The number of hydrogen-bond acceptors (Lipinski definition) is 1. The number of hydrogen-bond donors (Lipinski definition) is 0. The molecule has 0 bridgehead atoms. The van der Waals surface area contributed by atoms with E-state index in [4.69, 9.17) is 0 Å². The van der Waals surface area contributed by atoms with Crippen LogP contribution >= 0.6 is 22.6 Å². The fraction of sp³-hybridized carbons (Fsp3) is 0.857. The first-order valence-corrected chi connectivity index (χ1v) is 4.63. The molecule has 1 aliphatic carbocycles.